The Hall–Kier alpha value is -3.77. The summed E-state index contributed by atoms with van der Waals surface area (Å²) in [6.07, 6.45) is 0.808. The van der Waals surface area contributed by atoms with Gasteiger partial charge in [-0.3, -0.25) is 4.79 Å². The molecule has 0 unspecified atom stereocenters. The number of halogens is 1. The number of anilines is 1. The Kier molecular flexibility index (Phi) is 8.79. The molecule has 0 saturated carbocycles. The van der Waals surface area contributed by atoms with Crippen molar-refractivity contribution in [2.24, 2.45) is 0 Å². The molecule has 1 amide bonds. The van der Waals surface area contributed by atoms with E-state index in [-0.39, 0.29) is 5.91 Å². The zero-order valence-corrected chi connectivity index (χ0v) is 20.7. The maximum Gasteiger partial charge on any atom is 0.255 e. The number of benzene rings is 4. The molecule has 0 heterocycles. The van der Waals surface area contributed by atoms with Gasteiger partial charge in [-0.2, -0.15) is 0 Å². The first-order valence-electron chi connectivity index (χ1n) is 11.4. The van der Waals surface area contributed by atoms with E-state index in [1.54, 1.807) is 24.3 Å². The maximum atomic E-state index is 12.9. The zero-order valence-electron chi connectivity index (χ0n) is 19.2. The number of nitrogens with one attached hydrogen (secondary N) is 1. The molecule has 4 rings (SSSR count). The second kappa shape index (κ2) is 12.6. The highest BCUT2D eigenvalue weighted by Crippen LogP contribution is 2.28. The van der Waals surface area contributed by atoms with E-state index in [2.05, 4.69) is 33.4 Å². The average molecular weight is 532 g/mol. The highest BCUT2D eigenvalue weighted by atomic mass is 79.9. The molecule has 4 aromatic carbocycles. The van der Waals surface area contributed by atoms with Crippen LogP contribution in [0.3, 0.4) is 0 Å². The molecule has 0 aromatic heterocycles. The van der Waals surface area contributed by atoms with Crippen molar-refractivity contribution >= 4 is 27.5 Å². The fraction of sp³-hybridized carbons (Fsp3) is 0.138. The van der Waals surface area contributed by atoms with Gasteiger partial charge in [0.15, 0.2) is 0 Å². The van der Waals surface area contributed by atoms with Gasteiger partial charge in [0.05, 0.1) is 16.8 Å². The predicted octanol–water partition coefficient (Wildman–Crippen LogP) is 6.78. The summed E-state index contributed by atoms with van der Waals surface area (Å²) >= 11 is 3.52. The smallest absolute Gasteiger partial charge is 0.255 e. The molecule has 0 aliphatic carbocycles. The Morgan fingerprint density at radius 3 is 2.11 bits per heavy atom. The summed E-state index contributed by atoms with van der Waals surface area (Å²) in [4.78, 5) is 12.9. The van der Waals surface area contributed by atoms with Crippen LogP contribution in [0.15, 0.2) is 108 Å². The predicted molar refractivity (Wildman–Crippen MR) is 142 cm³/mol. The Morgan fingerprint density at radius 1 is 0.686 bits per heavy atom. The third-order valence-corrected chi connectivity index (χ3v) is 5.79. The Bertz CT molecular complexity index is 1230. The van der Waals surface area contributed by atoms with Gasteiger partial charge in [-0.15, -0.1) is 0 Å². The monoisotopic (exact) mass is 531 g/mol. The molecule has 0 atom stereocenters. The average Bonchev–Trinajstić information content (AvgIpc) is 2.89. The van der Waals surface area contributed by atoms with Crippen LogP contribution < -0.4 is 19.5 Å². The lowest BCUT2D eigenvalue weighted by atomic mass is 10.1. The highest BCUT2D eigenvalue weighted by molar-refractivity contribution is 9.10. The molecular weight excluding hydrogens is 506 g/mol. The van der Waals surface area contributed by atoms with Crippen molar-refractivity contribution in [3.8, 4) is 17.2 Å². The van der Waals surface area contributed by atoms with Gasteiger partial charge < -0.3 is 19.5 Å². The number of para-hydroxylation sites is 3. The molecule has 0 aliphatic heterocycles. The number of carbonyl (C=O) groups is 1. The number of ether oxygens (including phenoxy) is 3. The molecule has 0 saturated heterocycles. The minimum atomic E-state index is -0.238. The fourth-order valence-corrected chi connectivity index (χ4v) is 3.89. The first-order chi connectivity index (χ1) is 17.2. The van der Waals surface area contributed by atoms with E-state index >= 15 is 0 Å². The summed E-state index contributed by atoms with van der Waals surface area (Å²) < 4.78 is 18.1. The molecule has 1 N–H and O–H groups in total. The molecule has 0 fully saturated rings. The first-order valence-corrected chi connectivity index (χ1v) is 12.2. The first kappa shape index (κ1) is 24.4. The lowest BCUT2D eigenvalue weighted by molar-refractivity contribution is 0.102. The van der Waals surface area contributed by atoms with E-state index in [0.29, 0.717) is 42.6 Å². The van der Waals surface area contributed by atoms with E-state index in [4.69, 9.17) is 14.2 Å². The van der Waals surface area contributed by atoms with Gasteiger partial charge in [-0.05, 0) is 64.0 Å². The van der Waals surface area contributed by atoms with Crippen LogP contribution >= 0.6 is 15.9 Å². The lowest BCUT2D eigenvalue weighted by Gasteiger charge is -2.14. The van der Waals surface area contributed by atoms with Crippen LogP contribution in [0.25, 0.3) is 0 Å². The molecule has 178 valence electrons. The molecule has 0 spiro atoms. The zero-order chi connectivity index (χ0) is 24.3. The van der Waals surface area contributed by atoms with Gasteiger partial charge in [0.2, 0.25) is 0 Å². The third-order valence-electron chi connectivity index (χ3n) is 5.17. The second-order valence-electron chi connectivity index (χ2n) is 7.69. The molecule has 5 nitrogen and oxygen atoms in total. The van der Waals surface area contributed by atoms with Gasteiger partial charge in [0.1, 0.15) is 30.5 Å². The van der Waals surface area contributed by atoms with Gasteiger partial charge >= 0.3 is 0 Å². The Balaban J connectivity index is 1.30. The maximum absolute atomic E-state index is 12.9. The van der Waals surface area contributed by atoms with E-state index in [9.17, 15) is 4.79 Å². The van der Waals surface area contributed by atoms with E-state index in [1.807, 2.05) is 66.7 Å². The number of amides is 1. The largest absolute Gasteiger partial charge is 0.492 e. The van der Waals surface area contributed by atoms with E-state index in [1.165, 1.54) is 5.56 Å². The van der Waals surface area contributed by atoms with Crippen LogP contribution in [0, 0.1) is 0 Å². The van der Waals surface area contributed by atoms with Gasteiger partial charge in [-0.1, -0.05) is 60.7 Å². The minimum absolute atomic E-state index is 0.238. The quantitative estimate of drug-likeness (QED) is 0.217. The molecule has 0 bridgehead atoms. The standard InChI is InChI=1S/C29H26BrNO4/c30-25-21-23(15-16-27(25)34-18-17-22-9-3-1-4-10-22)29(32)31-26-13-7-8-14-28(26)35-20-19-33-24-11-5-2-6-12-24/h1-16,21H,17-20H2,(H,31,32). The molecule has 6 heteroatoms. The summed E-state index contributed by atoms with van der Waals surface area (Å²) in [5.74, 6) is 1.82. The Morgan fingerprint density at radius 2 is 1.34 bits per heavy atom. The van der Waals surface area contributed by atoms with Crippen LogP contribution in [-0.2, 0) is 6.42 Å². The van der Waals surface area contributed by atoms with Crippen molar-refractivity contribution in [2.75, 3.05) is 25.1 Å². The highest BCUT2D eigenvalue weighted by Gasteiger charge is 2.12. The molecule has 0 radical (unpaired) electrons. The minimum Gasteiger partial charge on any atom is -0.492 e. The fourth-order valence-electron chi connectivity index (χ4n) is 3.40. The van der Waals surface area contributed by atoms with Crippen LogP contribution in [0.1, 0.15) is 15.9 Å². The molecule has 35 heavy (non-hydrogen) atoms. The topological polar surface area (TPSA) is 56.8 Å². The van der Waals surface area contributed by atoms with Crippen molar-refractivity contribution in [3.63, 3.8) is 0 Å². The molecular formula is C29H26BrNO4. The van der Waals surface area contributed by atoms with E-state index in [0.717, 1.165) is 16.6 Å². The number of hydrogen-bond donors (Lipinski definition) is 1. The third kappa shape index (κ3) is 7.36. The van der Waals surface area contributed by atoms with Crippen molar-refractivity contribution in [3.05, 3.63) is 119 Å². The lowest BCUT2D eigenvalue weighted by Crippen LogP contribution is -2.14. The number of carbonyl (C=O) groups excluding carboxylic acids is 1. The van der Waals surface area contributed by atoms with Crippen LogP contribution in [-0.4, -0.2) is 25.7 Å². The van der Waals surface area contributed by atoms with Crippen molar-refractivity contribution < 1.29 is 19.0 Å². The summed E-state index contributed by atoms with van der Waals surface area (Å²) in [6, 6.07) is 32.4. The normalized spacial score (nSPS) is 10.4. The van der Waals surface area contributed by atoms with Crippen LogP contribution in [0.5, 0.6) is 17.2 Å². The summed E-state index contributed by atoms with van der Waals surface area (Å²) in [7, 11) is 0. The number of rotatable bonds is 11. The summed E-state index contributed by atoms with van der Waals surface area (Å²) in [6.45, 7) is 1.29. The van der Waals surface area contributed by atoms with Crippen LogP contribution in [0.4, 0.5) is 5.69 Å². The van der Waals surface area contributed by atoms with E-state index < -0.39 is 0 Å². The number of hydrogen-bond acceptors (Lipinski definition) is 4. The van der Waals surface area contributed by atoms with Gasteiger partial charge in [0, 0.05) is 12.0 Å². The SMILES string of the molecule is O=C(Nc1ccccc1OCCOc1ccccc1)c1ccc(OCCc2ccccc2)c(Br)c1. The molecule has 4 aromatic rings. The second-order valence-corrected chi connectivity index (χ2v) is 8.54. The van der Waals surface area contributed by atoms with Crippen molar-refractivity contribution in [1.82, 2.24) is 0 Å². The summed E-state index contributed by atoms with van der Waals surface area (Å²) in [5, 5.41) is 2.93. The van der Waals surface area contributed by atoms with Crippen molar-refractivity contribution in [2.45, 2.75) is 6.42 Å². The summed E-state index contributed by atoms with van der Waals surface area (Å²) in [5.41, 5.74) is 2.32. The van der Waals surface area contributed by atoms with Gasteiger partial charge in [0.25, 0.3) is 5.91 Å². The Labute approximate surface area is 213 Å². The van der Waals surface area contributed by atoms with Crippen LogP contribution in [0.2, 0.25) is 0 Å². The van der Waals surface area contributed by atoms with Gasteiger partial charge in [-0.25, -0.2) is 0 Å². The molecule has 0 aliphatic rings. The van der Waals surface area contributed by atoms with Crippen molar-refractivity contribution in [1.29, 1.82) is 0 Å².